The SMILES string of the molecule is Cc1ccccc1C(N)c1cc(Cl)cc2c1NC(=O)CC2. The van der Waals surface area contributed by atoms with Crippen LogP contribution in [-0.2, 0) is 11.2 Å². The van der Waals surface area contributed by atoms with E-state index < -0.39 is 0 Å². The Labute approximate surface area is 129 Å². The van der Waals surface area contributed by atoms with E-state index in [2.05, 4.69) is 5.32 Å². The average Bonchev–Trinajstić information content (AvgIpc) is 2.47. The van der Waals surface area contributed by atoms with Crippen LogP contribution in [0.1, 0.15) is 34.7 Å². The predicted molar refractivity (Wildman–Crippen MR) is 85.6 cm³/mol. The number of rotatable bonds is 2. The second kappa shape index (κ2) is 5.51. The molecule has 0 radical (unpaired) electrons. The van der Waals surface area contributed by atoms with Gasteiger partial charge >= 0.3 is 0 Å². The molecule has 108 valence electrons. The first-order valence-corrected chi connectivity index (χ1v) is 7.37. The fraction of sp³-hybridized carbons (Fsp3) is 0.235. The molecule has 0 spiro atoms. The molecule has 1 aliphatic heterocycles. The third-order valence-electron chi connectivity index (χ3n) is 3.96. The number of nitrogens with two attached hydrogens (primary N) is 1. The van der Waals surface area contributed by atoms with Crippen LogP contribution in [0.15, 0.2) is 36.4 Å². The summed E-state index contributed by atoms with van der Waals surface area (Å²) in [6.45, 7) is 2.03. The molecule has 3 nitrogen and oxygen atoms in total. The van der Waals surface area contributed by atoms with Crippen molar-refractivity contribution in [2.24, 2.45) is 5.73 Å². The van der Waals surface area contributed by atoms with Gasteiger partial charge in [-0.2, -0.15) is 0 Å². The summed E-state index contributed by atoms with van der Waals surface area (Å²) in [4.78, 5) is 11.7. The molecular weight excluding hydrogens is 284 g/mol. The van der Waals surface area contributed by atoms with Crippen LogP contribution in [0.3, 0.4) is 0 Å². The zero-order valence-corrected chi connectivity index (χ0v) is 12.6. The smallest absolute Gasteiger partial charge is 0.224 e. The van der Waals surface area contributed by atoms with Crippen molar-refractivity contribution in [3.8, 4) is 0 Å². The Morgan fingerprint density at radius 1 is 1.19 bits per heavy atom. The molecule has 1 heterocycles. The van der Waals surface area contributed by atoms with Crippen LogP contribution >= 0.6 is 11.6 Å². The maximum absolute atomic E-state index is 11.7. The topological polar surface area (TPSA) is 55.1 Å². The normalized spacial score (nSPS) is 15.3. The molecule has 0 fully saturated rings. The van der Waals surface area contributed by atoms with Crippen LogP contribution < -0.4 is 11.1 Å². The maximum Gasteiger partial charge on any atom is 0.224 e. The molecule has 1 aliphatic rings. The number of fused-ring (bicyclic) bond motifs is 1. The largest absolute Gasteiger partial charge is 0.325 e. The van der Waals surface area contributed by atoms with Crippen molar-refractivity contribution in [3.05, 3.63) is 63.7 Å². The summed E-state index contributed by atoms with van der Waals surface area (Å²) in [6, 6.07) is 11.5. The van der Waals surface area contributed by atoms with Gasteiger partial charge in [0.25, 0.3) is 0 Å². The summed E-state index contributed by atoms with van der Waals surface area (Å²) in [5.74, 6) is 0.0306. The summed E-state index contributed by atoms with van der Waals surface area (Å²) in [5, 5.41) is 3.60. The van der Waals surface area contributed by atoms with E-state index in [9.17, 15) is 4.79 Å². The van der Waals surface area contributed by atoms with Crippen molar-refractivity contribution < 1.29 is 4.79 Å². The van der Waals surface area contributed by atoms with E-state index in [0.717, 1.165) is 27.9 Å². The van der Waals surface area contributed by atoms with Crippen LogP contribution in [0.5, 0.6) is 0 Å². The molecule has 21 heavy (non-hydrogen) atoms. The van der Waals surface area contributed by atoms with E-state index in [-0.39, 0.29) is 11.9 Å². The highest BCUT2D eigenvalue weighted by molar-refractivity contribution is 6.31. The highest BCUT2D eigenvalue weighted by atomic mass is 35.5. The number of aryl methyl sites for hydroxylation is 2. The lowest BCUT2D eigenvalue weighted by Crippen LogP contribution is -2.23. The van der Waals surface area contributed by atoms with Crippen LogP contribution in [0.4, 0.5) is 5.69 Å². The lowest BCUT2D eigenvalue weighted by molar-refractivity contribution is -0.116. The third-order valence-corrected chi connectivity index (χ3v) is 4.18. The molecule has 1 atom stereocenters. The van der Waals surface area contributed by atoms with Gasteiger partial charge in [0.2, 0.25) is 5.91 Å². The number of nitrogens with one attached hydrogen (secondary N) is 1. The van der Waals surface area contributed by atoms with Gasteiger partial charge in [-0.25, -0.2) is 0 Å². The lowest BCUT2D eigenvalue weighted by atomic mass is 9.90. The van der Waals surface area contributed by atoms with Gasteiger partial charge in [0.05, 0.1) is 6.04 Å². The molecule has 0 saturated carbocycles. The first-order chi connectivity index (χ1) is 10.1. The Morgan fingerprint density at radius 2 is 1.95 bits per heavy atom. The van der Waals surface area contributed by atoms with Gasteiger partial charge < -0.3 is 11.1 Å². The molecule has 2 aromatic rings. The van der Waals surface area contributed by atoms with Crippen molar-refractivity contribution >= 4 is 23.2 Å². The minimum absolute atomic E-state index is 0.0306. The second-order valence-corrected chi connectivity index (χ2v) is 5.85. The molecule has 4 heteroatoms. The Kier molecular flexibility index (Phi) is 3.70. The highest BCUT2D eigenvalue weighted by Crippen LogP contribution is 2.36. The molecule has 0 saturated heterocycles. The van der Waals surface area contributed by atoms with Crippen LogP contribution in [0, 0.1) is 6.92 Å². The van der Waals surface area contributed by atoms with E-state index in [1.54, 1.807) is 0 Å². The van der Waals surface area contributed by atoms with E-state index in [4.69, 9.17) is 17.3 Å². The second-order valence-electron chi connectivity index (χ2n) is 5.41. The van der Waals surface area contributed by atoms with E-state index in [1.165, 1.54) is 0 Å². The minimum Gasteiger partial charge on any atom is -0.325 e. The number of hydrogen-bond donors (Lipinski definition) is 2. The molecule has 0 aromatic heterocycles. The van der Waals surface area contributed by atoms with Gasteiger partial charge in [0.15, 0.2) is 0 Å². The molecule has 3 rings (SSSR count). The van der Waals surface area contributed by atoms with Gasteiger partial charge in [0, 0.05) is 17.1 Å². The van der Waals surface area contributed by atoms with E-state index in [0.29, 0.717) is 17.9 Å². The quantitative estimate of drug-likeness (QED) is 0.890. The molecule has 1 amide bonds. The molecule has 0 aliphatic carbocycles. The fourth-order valence-electron chi connectivity index (χ4n) is 2.83. The first kappa shape index (κ1) is 14.1. The Hall–Kier alpha value is -1.84. The van der Waals surface area contributed by atoms with Crippen molar-refractivity contribution in [1.82, 2.24) is 0 Å². The zero-order valence-electron chi connectivity index (χ0n) is 11.8. The maximum atomic E-state index is 11.7. The van der Waals surface area contributed by atoms with E-state index in [1.807, 2.05) is 43.3 Å². The fourth-order valence-corrected chi connectivity index (χ4v) is 3.08. The number of hydrogen-bond acceptors (Lipinski definition) is 2. The number of benzene rings is 2. The Morgan fingerprint density at radius 3 is 2.71 bits per heavy atom. The highest BCUT2D eigenvalue weighted by Gasteiger charge is 2.23. The zero-order chi connectivity index (χ0) is 15.0. The van der Waals surface area contributed by atoms with Crippen molar-refractivity contribution in [2.75, 3.05) is 5.32 Å². The minimum atomic E-state index is -0.308. The van der Waals surface area contributed by atoms with Crippen LogP contribution in [0.2, 0.25) is 5.02 Å². The van der Waals surface area contributed by atoms with E-state index >= 15 is 0 Å². The third kappa shape index (κ3) is 2.67. The summed E-state index contributed by atoms with van der Waals surface area (Å²) < 4.78 is 0. The molecule has 0 bridgehead atoms. The van der Waals surface area contributed by atoms with Gasteiger partial charge in [-0.3, -0.25) is 4.79 Å². The predicted octanol–water partition coefficient (Wildman–Crippen LogP) is 3.58. The Balaban J connectivity index is 2.12. The van der Waals surface area contributed by atoms with Gasteiger partial charge in [-0.05, 0) is 47.7 Å². The van der Waals surface area contributed by atoms with Gasteiger partial charge in [-0.1, -0.05) is 35.9 Å². The monoisotopic (exact) mass is 300 g/mol. The molecular formula is C17H17ClN2O. The Bertz CT molecular complexity index is 712. The van der Waals surface area contributed by atoms with Crippen LogP contribution in [0.25, 0.3) is 0 Å². The number of carbonyl (C=O) groups is 1. The number of halogens is 1. The number of amides is 1. The first-order valence-electron chi connectivity index (χ1n) is 6.99. The molecule has 1 unspecified atom stereocenters. The van der Waals surface area contributed by atoms with Gasteiger partial charge in [0.1, 0.15) is 0 Å². The van der Waals surface area contributed by atoms with Crippen LogP contribution in [-0.4, -0.2) is 5.91 Å². The average molecular weight is 301 g/mol. The summed E-state index contributed by atoms with van der Waals surface area (Å²) >= 11 is 6.22. The van der Waals surface area contributed by atoms with Crippen molar-refractivity contribution in [3.63, 3.8) is 0 Å². The summed E-state index contributed by atoms with van der Waals surface area (Å²) in [7, 11) is 0. The number of anilines is 1. The lowest BCUT2D eigenvalue weighted by Gasteiger charge is -2.24. The summed E-state index contributed by atoms with van der Waals surface area (Å²) in [6.07, 6.45) is 1.20. The standard InChI is InChI=1S/C17H17ClN2O/c1-10-4-2-3-5-13(10)16(19)14-9-12(18)8-11-6-7-15(21)20-17(11)14/h2-5,8-9,16H,6-7,19H2,1H3,(H,20,21). The summed E-state index contributed by atoms with van der Waals surface area (Å²) in [5.41, 5.74) is 11.4. The van der Waals surface area contributed by atoms with Crippen molar-refractivity contribution in [2.45, 2.75) is 25.8 Å². The number of carbonyl (C=O) groups excluding carboxylic acids is 1. The molecule has 3 N–H and O–H groups in total. The van der Waals surface area contributed by atoms with Crippen molar-refractivity contribution in [1.29, 1.82) is 0 Å². The van der Waals surface area contributed by atoms with Gasteiger partial charge in [-0.15, -0.1) is 0 Å². The molecule has 2 aromatic carbocycles.